The van der Waals surface area contributed by atoms with Gasteiger partial charge in [0.15, 0.2) is 0 Å². The predicted molar refractivity (Wildman–Crippen MR) is 63.8 cm³/mol. The van der Waals surface area contributed by atoms with Gasteiger partial charge in [-0.25, -0.2) is 8.78 Å². The van der Waals surface area contributed by atoms with Crippen LogP contribution in [0.25, 0.3) is 5.57 Å². The van der Waals surface area contributed by atoms with E-state index < -0.39 is 11.6 Å². The first kappa shape index (κ1) is 11.4. The number of hydrogen-bond donors (Lipinski definition) is 1. The van der Waals surface area contributed by atoms with Crippen LogP contribution in [0.2, 0.25) is 0 Å². The molecule has 1 fully saturated rings. The van der Waals surface area contributed by atoms with Gasteiger partial charge in [-0.2, -0.15) is 0 Å². The molecule has 0 aliphatic heterocycles. The molecule has 2 aliphatic carbocycles. The summed E-state index contributed by atoms with van der Waals surface area (Å²) < 4.78 is 26.8. The minimum absolute atomic E-state index is 0.177. The summed E-state index contributed by atoms with van der Waals surface area (Å²) in [5, 5.41) is 2.83. The molecule has 0 atom stereocenters. The number of rotatable bonds is 2. The van der Waals surface area contributed by atoms with Crippen molar-refractivity contribution in [1.82, 2.24) is 5.32 Å². The van der Waals surface area contributed by atoms with Crippen LogP contribution in [0.4, 0.5) is 8.78 Å². The van der Waals surface area contributed by atoms with Crippen LogP contribution in [0.5, 0.6) is 0 Å². The molecule has 1 amide bonds. The maximum atomic E-state index is 13.7. The van der Waals surface area contributed by atoms with E-state index in [-0.39, 0.29) is 11.9 Å². The van der Waals surface area contributed by atoms with E-state index in [2.05, 4.69) is 5.32 Å². The number of carbonyl (C=O) groups excluding carboxylic acids is 1. The van der Waals surface area contributed by atoms with Crippen molar-refractivity contribution in [3.8, 4) is 0 Å². The van der Waals surface area contributed by atoms with Crippen molar-refractivity contribution in [2.75, 3.05) is 0 Å². The minimum atomic E-state index is -0.576. The Balaban J connectivity index is 1.89. The Morgan fingerprint density at radius 3 is 2.78 bits per heavy atom. The summed E-state index contributed by atoms with van der Waals surface area (Å²) in [6.07, 6.45) is 4.67. The average molecular weight is 249 g/mol. The van der Waals surface area contributed by atoms with E-state index in [0.29, 0.717) is 29.5 Å². The topological polar surface area (TPSA) is 29.1 Å². The van der Waals surface area contributed by atoms with Gasteiger partial charge in [0.2, 0.25) is 5.91 Å². The highest BCUT2D eigenvalue weighted by atomic mass is 19.1. The summed E-state index contributed by atoms with van der Waals surface area (Å²) in [6, 6.07) is 2.50. The van der Waals surface area contributed by atoms with Crippen molar-refractivity contribution in [3.63, 3.8) is 0 Å². The van der Waals surface area contributed by atoms with E-state index in [0.717, 1.165) is 18.9 Å². The lowest BCUT2D eigenvalue weighted by Crippen LogP contribution is -2.23. The standard InChI is InChI=1S/C14H13F2NO/c15-10-5-8-1-2-9(14(8)12(16)7-10)6-13(18)17-11-3-4-11/h5-7,11H,1-4H2,(H,17,18)/b9-6+. The highest BCUT2D eigenvalue weighted by molar-refractivity contribution is 5.96. The summed E-state index contributed by atoms with van der Waals surface area (Å²) in [5.41, 5.74) is 1.72. The molecule has 0 aromatic heterocycles. The summed E-state index contributed by atoms with van der Waals surface area (Å²) >= 11 is 0. The molecule has 2 aliphatic rings. The molecule has 0 radical (unpaired) electrons. The van der Waals surface area contributed by atoms with Crippen LogP contribution >= 0.6 is 0 Å². The third-order valence-corrected chi connectivity index (χ3v) is 3.35. The molecule has 1 N–H and O–H groups in total. The Morgan fingerprint density at radius 2 is 2.06 bits per heavy atom. The van der Waals surface area contributed by atoms with E-state index in [9.17, 15) is 13.6 Å². The largest absolute Gasteiger partial charge is 0.350 e. The number of amides is 1. The van der Waals surface area contributed by atoms with Gasteiger partial charge >= 0.3 is 0 Å². The van der Waals surface area contributed by atoms with Crippen LogP contribution in [0, 0.1) is 11.6 Å². The number of nitrogens with one attached hydrogen (secondary N) is 1. The number of hydrogen-bond acceptors (Lipinski definition) is 1. The first-order valence-electron chi connectivity index (χ1n) is 6.13. The molecule has 2 nitrogen and oxygen atoms in total. The molecular weight excluding hydrogens is 236 g/mol. The number of halogens is 2. The van der Waals surface area contributed by atoms with Gasteiger partial charge in [-0.3, -0.25) is 4.79 Å². The first-order valence-corrected chi connectivity index (χ1v) is 6.13. The van der Waals surface area contributed by atoms with Gasteiger partial charge < -0.3 is 5.32 Å². The molecule has 4 heteroatoms. The molecule has 0 unspecified atom stereocenters. The minimum Gasteiger partial charge on any atom is -0.350 e. The molecule has 18 heavy (non-hydrogen) atoms. The van der Waals surface area contributed by atoms with Crippen molar-refractivity contribution < 1.29 is 13.6 Å². The van der Waals surface area contributed by atoms with Gasteiger partial charge in [-0.15, -0.1) is 0 Å². The van der Waals surface area contributed by atoms with Crippen LogP contribution in [-0.2, 0) is 11.2 Å². The fourth-order valence-corrected chi connectivity index (χ4v) is 2.35. The number of benzene rings is 1. The fraction of sp³-hybridized carbons (Fsp3) is 0.357. The molecule has 0 spiro atoms. The third-order valence-electron chi connectivity index (χ3n) is 3.35. The second kappa shape index (κ2) is 4.19. The zero-order valence-electron chi connectivity index (χ0n) is 9.80. The SMILES string of the molecule is O=C(/C=C1\CCc2cc(F)cc(F)c21)NC1CC1. The lowest BCUT2D eigenvalue weighted by molar-refractivity contribution is -0.116. The van der Waals surface area contributed by atoms with E-state index >= 15 is 0 Å². The zero-order chi connectivity index (χ0) is 12.7. The normalized spacial score (nSPS) is 20.0. The summed E-state index contributed by atoms with van der Waals surface area (Å²) in [7, 11) is 0. The Hall–Kier alpha value is -1.71. The summed E-state index contributed by atoms with van der Waals surface area (Å²) in [5.74, 6) is -1.31. The Labute approximate surface area is 104 Å². The highest BCUT2D eigenvalue weighted by Gasteiger charge is 2.25. The van der Waals surface area contributed by atoms with Crippen LogP contribution in [0.3, 0.4) is 0 Å². The Kier molecular flexibility index (Phi) is 2.65. The van der Waals surface area contributed by atoms with Gasteiger partial charge in [-0.05, 0) is 42.9 Å². The van der Waals surface area contributed by atoms with Crippen LogP contribution < -0.4 is 5.32 Å². The van der Waals surface area contributed by atoms with Crippen LogP contribution in [0.15, 0.2) is 18.2 Å². The van der Waals surface area contributed by atoms with Gasteiger partial charge in [0.05, 0.1) is 0 Å². The van der Waals surface area contributed by atoms with Gasteiger partial charge in [0.1, 0.15) is 11.6 Å². The quantitative estimate of drug-likeness (QED) is 0.802. The van der Waals surface area contributed by atoms with E-state index in [1.807, 2.05) is 0 Å². The maximum Gasteiger partial charge on any atom is 0.244 e. The van der Waals surface area contributed by atoms with Crippen molar-refractivity contribution in [2.24, 2.45) is 0 Å². The molecule has 1 aromatic rings. The van der Waals surface area contributed by atoms with E-state index in [4.69, 9.17) is 0 Å². The first-order chi connectivity index (χ1) is 8.63. The average Bonchev–Trinajstić information content (AvgIpc) is 2.99. The van der Waals surface area contributed by atoms with E-state index in [1.165, 1.54) is 12.1 Å². The monoisotopic (exact) mass is 249 g/mol. The van der Waals surface area contributed by atoms with Crippen molar-refractivity contribution >= 4 is 11.5 Å². The second-order valence-electron chi connectivity index (χ2n) is 4.87. The fourth-order valence-electron chi connectivity index (χ4n) is 2.35. The van der Waals surface area contributed by atoms with Crippen molar-refractivity contribution in [3.05, 3.63) is 41.0 Å². The lowest BCUT2D eigenvalue weighted by atomic mass is 10.1. The van der Waals surface area contributed by atoms with E-state index in [1.54, 1.807) is 0 Å². The number of allylic oxidation sites excluding steroid dienone is 1. The predicted octanol–water partition coefficient (Wildman–Crippen LogP) is 2.57. The Morgan fingerprint density at radius 1 is 1.28 bits per heavy atom. The smallest absolute Gasteiger partial charge is 0.244 e. The van der Waals surface area contributed by atoms with Gasteiger partial charge in [0.25, 0.3) is 0 Å². The summed E-state index contributed by atoms with van der Waals surface area (Å²) in [6.45, 7) is 0. The van der Waals surface area contributed by atoms with Crippen LogP contribution in [0.1, 0.15) is 30.4 Å². The zero-order valence-corrected chi connectivity index (χ0v) is 9.80. The number of aryl methyl sites for hydroxylation is 1. The van der Waals surface area contributed by atoms with Crippen molar-refractivity contribution in [1.29, 1.82) is 0 Å². The second-order valence-corrected chi connectivity index (χ2v) is 4.87. The third kappa shape index (κ3) is 2.15. The molecular formula is C14H13F2NO. The molecule has 1 aromatic carbocycles. The van der Waals surface area contributed by atoms with Gasteiger partial charge in [-0.1, -0.05) is 0 Å². The van der Waals surface area contributed by atoms with Crippen molar-refractivity contribution in [2.45, 2.75) is 31.7 Å². The van der Waals surface area contributed by atoms with Crippen LogP contribution in [-0.4, -0.2) is 11.9 Å². The molecule has 1 saturated carbocycles. The molecule has 0 bridgehead atoms. The molecule has 0 heterocycles. The molecule has 94 valence electrons. The highest BCUT2D eigenvalue weighted by Crippen LogP contribution is 2.34. The molecule has 3 rings (SSSR count). The summed E-state index contributed by atoms with van der Waals surface area (Å²) in [4.78, 5) is 11.7. The lowest BCUT2D eigenvalue weighted by Gasteiger charge is -2.04. The Bertz CT molecular complexity index is 547. The number of fused-ring (bicyclic) bond motifs is 1. The maximum absolute atomic E-state index is 13.7. The van der Waals surface area contributed by atoms with Gasteiger partial charge in [0, 0.05) is 23.7 Å². The molecule has 0 saturated heterocycles. The number of carbonyl (C=O) groups is 1.